The molecule has 0 spiro atoms. The Labute approximate surface area is 126 Å². The summed E-state index contributed by atoms with van der Waals surface area (Å²) < 4.78 is 10.9. The lowest BCUT2D eigenvalue weighted by molar-refractivity contribution is 0.417. The number of aromatic nitrogens is 2. The summed E-state index contributed by atoms with van der Waals surface area (Å²) >= 11 is 1.51. The van der Waals surface area contributed by atoms with Crippen molar-refractivity contribution in [3.8, 4) is 17.2 Å². The average Bonchev–Trinajstić information content (AvgIpc) is 3.06. The molecule has 0 fully saturated rings. The van der Waals surface area contributed by atoms with E-state index in [0.29, 0.717) is 5.89 Å². The molecular weight excluding hydrogens is 286 g/mol. The largest absolute Gasteiger partial charge is 0.495 e. The van der Waals surface area contributed by atoms with Gasteiger partial charge in [0.1, 0.15) is 11.4 Å². The van der Waals surface area contributed by atoms with Crippen molar-refractivity contribution in [2.24, 2.45) is 0 Å². The van der Waals surface area contributed by atoms with Gasteiger partial charge in [-0.15, -0.1) is 11.3 Å². The smallest absolute Gasteiger partial charge is 0.192 e. The highest BCUT2D eigenvalue weighted by molar-refractivity contribution is 7.14. The Bertz CT molecular complexity index is 764. The van der Waals surface area contributed by atoms with Crippen LogP contribution in [0.2, 0.25) is 0 Å². The molecule has 0 amide bonds. The Morgan fingerprint density at radius 1 is 1.19 bits per heavy atom. The molecule has 0 aliphatic rings. The quantitative estimate of drug-likeness (QED) is 0.783. The summed E-state index contributed by atoms with van der Waals surface area (Å²) in [6, 6.07) is 7.73. The van der Waals surface area contributed by atoms with Gasteiger partial charge in [0.15, 0.2) is 16.8 Å². The molecule has 0 bridgehead atoms. The van der Waals surface area contributed by atoms with E-state index in [4.69, 9.17) is 9.15 Å². The maximum Gasteiger partial charge on any atom is 0.192 e. The van der Waals surface area contributed by atoms with Crippen molar-refractivity contribution in [2.45, 2.75) is 13.8 Å². The van der Waals surface area contributed by atoms with Crippen LogP contribution in [0.15, 0.2) is 34.1 Å². The van der Waals surface area contributed by atoms with Crippen LogP contribution in [0.4, 0.5) is 10.8 Å². The van der Waals surface area contributed by atoms with E-state index in [2.05, 4.69) is 15.3 Å². The molecule has 0 saturated heterocycles. The lowest BCUT2D eigenvalue weighted by atomic mass is 10.3. The molecule has 6 heteroatoms. The van der Waals surface area contributed by atoms with Gasteiger partial charge in [0, 0.05) is 12.3 Å². The number of ether oxygens (including phenoxy) is 1. The number of oxazole rings is 1. The zero-order valence-electron chi connectivity index (χ0n) is 12.0. The minimum Gasteiger partial charge on any atom is -0.495 e. The average molecular weight is 301 g/mol. The molecule has 0 radical (unpaired) electrons. The molecule has 1 N–H and O–H groups in total. The first-order valence-corrected chi connectivity index (χ1v) is 7.35. The first-order chi connectivity index (χ1) is 10.2. The van der Waals surface area contributed by atoms with E-state index >= 15 is 0 Å². The summed E-state index contributed by atoms with van der Waals surface area (Å²) in [5, 5.41) is 5.99. The molecule has 2 aromatic heterocycles. The lowest BCUT2D eigenvalue weighted by Crippen LogP contribution is -1.93. The molecule has 3 aromatic rings. The van der Waals surface area contributed by atoms with Crippen molar-refractivity contribution in [2.75, 3.05) is 12.4 Å². The van der Waals surface area contributed by atoms with E-state index in [0.717, 1.165) is 33.7 Å². The number of rotatable bonds is 4. The van der Waals surface area contributed by atoms with Gasteiger partial charge >= 0.3 is 0 Å². The lowest BCUT2D eigenvalue weighted by Gasteiger charge is -2.07. The molecule has 108 valence electrons. The summed E-state index contributed by atoms with van der Waals surface area (Å²) in [6.45, 7) is 3.75. The minimum absolute atomic E-state index is 0.648. The number of nitrogens with zero attached hydrogens (tertiary/aromatic N) is 2. The molecular formula is C15H15N3O2S. The number of hydrogen-bond acceptors (Lipinski definition) is 6. The number of aryl methyl sites for hydroxylation is 2. The van der Waals surface area contributed by atoms with Crippen molar-refractivity contribution >= 4 is 22.2 Å². The van der Waals surface area contributed by atoms with Gasteiger partial charge < -0.3 is 14.5 Å². The van der Waals surface area contributed by atoms with Crippen molar-refractivity contribution in [1.82, 2.24) is 9.97 Å². The van der Waals surface area contributed by atoms with E-state index < -0.39 is 0 Å². The van der Waals surface area contributed by atoms with E-state index in [1.807, 2.05) is 43.5 Å². The van der Waals surface area contributed by atoms with Gasteiger partial charge in [-0.05, 0) is 19.1 Å². The van der Waals surface area contributed by atoms with Crippen molar-refractivity contribution in [3.63, 3.8) is 0 Å². The highest BCUT2D eigenvalue weighted by atomic mass is 32.1. The van der Waals surface area contributed by atoms with Gasteiger partial charge in [-0.3, -0.25) is 0 Å². The fourth-order valence-electron chi connectivity index (χ4n) is 2.07. The Hall–Kier alpha value is -2.34. The van der Waals surface area contributed by atoms with Crippen LogP contribution in [0.25, 0.3) is 11.5 Å². The highest BCUT2D eigenvalue weighted by Gasteiger charge is 2.13. The second-order valence-corrected chi connectivity index (χ2v) is 5.37. The molecule has 1 aromatic carbocycles. The van der Waals surface area contributed by atoms with Crippen LogP contribution in [0.3, 0.4) is 0 Å². The molecule has 21 heavy (non-hydrogen) atoms. The fourth-order valence-corrected chi connectivity index (χ4v) is 2.77. The third-order valence-corrected chi connectivity index (χ3v) is 3.75. The van der Waals surface area contributed by atoms with E-state index in [1.165, 1.54) is 11.3 Å². The molecule has 5 nitrogen and oxygen atoms in total. The van der Waals surface area contributed by atoms with E-state index in [9.17, 15) is 0 Å². The summed E-state index contributed by atoms with van der Waals surface area (Å²) in [5.74, 6) is 2.15. The van der Waals surface area contributed by atoms with Crippen LogP contribution < -0.4 is 10.1 Å². The van der Waals surface area contributed by atoms with Crippen molar-refractivity contribution in [3.05, 3.63) is 41.2 Å². The molecule has 3 rings (SSSR count). The van der Waals surface area contributed by atoms with Gasteiger partial charge in [0.05, 0.1) is 18.5 Å². The highest BCUT2D eigenvalue weighted by Crippen LogP contribution is 2.32. The predicted octanol–water partition coefficient (Wildman–Crippen LogP) is 4.17. The summed E-state index contributed by atoms with van der Waals surface area (Å²) in [5.41, 5.74) is 2.52. The molecule has 2 heterocycles. The molecule has 0 atom stereocenters. The van der Waals surface area contributed by atoms with Crippen LogP contribution in [-0.4, -0.2) is 17.1 Å². The van der Waals surface area contributed by atoms with E-state index in [-0.39, 0.29) is 0 Å². The van der Waals surface area contributed by atoms with Gasteiger partial charge in [0.2, 0.25) is 0 Å². The number of methoxy groups -OCH3 is 1. The van der Waals surface area contributed by atoms with Crippen LogP contribution >= 0.6 is 11.3 Å². The third kappa shape index (κ3) is 2.75. The van der Waals surface area contributed by atoms with Crippen LogP contribution in [0.1, 0.15) is 11.6 Å². The van der Waals surface area contributed by atoms with Crippen LogP contribution in [-0.2, 0) is 0 Å². The zero-order valence-corrected chi connectivity index (χ0v) is 12.8. The number of anilines is 2. The van der Waals surface area contributed by atoms with E-state index in [1.54, 1.807) is 7.11 Å². The first-order valence-electron chi connectivity index (χ1n) is 6.47. The Balaban J connectivity index is 1.87. The Morgan fingerprint density at radius 3 is 2.71 bits per heavy atom. The Kier molecular flexibility index (Phi) is 3.62. The predicted molar refractivity (Wildman–Crippen MR) is 83.4 cm³/mol. The fraction of sp³-hybridized carbons (Fsp3) is 0.200. The first kappa shape index (κ1) is 13.6. The van der Waals surface area contributed by atoms with Gasteiger partial charge in [-0.1, -0.05) is 12.1 Å². The number of nitrogens with one attached hydrogen (secondary N) is 1. The summed E-state index contributed by atoms with van der Waals surface area (Å²) in [7, 11) is 1.65. The molecule has 0 aliphatic heterocycles. The summed E-state index contributed by atoms with van der Waals surface area (Å²) in [4.78, 5) is 8.81. The number of thiazole rings is 1. The maximum atomic E-state index is 5.59. The second-order valence-electron chi connectivity index (χ2n) is 4.51. The standard InChI is InChI=1S/C15H15N3O2S/c1-9-14(20-10(2)16-9)12-8-21-15(18-12)17-11-6-4-5-7-13(11)19-3/h4-8H,1-3H3,(H,17,18). The topological polar surface area (TPSA) is 60.2 Å². The minimum atomic E-state index is 0.648. The summed E-state index contributed by atoms with van der Waals surface area (Å²) in [6.07, 6.45) is 0. The molecule has 0 unspecified atom stereocenters. The van der Waals surface area contributed by atoms with Gasteiger partial charge in [-0.2, -0.15) is 0 Å². The number of hydrogen-bond donors (Lipinski definition) is 1. The molecule has 0 saturated carbocycles. The van der Waals surface area contributed by atoms with Crippen LogP contribution in [0.5, 0.6) is 5.75 Å². The Morgan fingerprint density at radius 2 is 2.00 bits per heavy atom. The van der Waals surface area contributed by atoms with Crippen molar-refractivity contribution < 1.29 is 9.15 Å². The molecule has 0 aliphatic carbocycles. The third-order valence-electron chi connectivity index (χ3n) is 2.99. The SMILES string of the molecule is COc1ccccc1Nc1nc(-c2oc(C)nc2C)cs1. The van der Waals surface area contributed by atoms with Gasteiger partial charge in [0.25, 0.3) is 0 Å². The van der Waals surface area contributed by atoms with Crippen LogP contribution in [0, 0.1) is 13.8 Å². The maximum absolute atomic E-state index is 5.59. The monoisotopic (exact) mass is 301 g/mol. The zero-order chi connectivity index (χ0) is 14.8. The number of benzene rings is 1. The number of para-hydroxylation sites is 2. The van der Waals surface area contributed by atoms with Gasteiger partial charge in [-0.25, -0.2) is 9.97 Å². The van der Waals surface area contributed by atoms with Crippen molar-refractivity contribution in [1.29, 1.82) is 0 Å². The second kappa shape index (κ2) is 5.57. The normalized spacial score (nSPS) is 10.6.